The summed E-state index contributed by atoms with van der Waals surface area (Å²) in [7, 11) is 0. The number of fused-ring (bicyclic) bond motifs is 1. The molecule has 0 saturated carbocycles. The first-order chi connectivity index (χ1) is 12.7. The van der Waals surface area contributed by atoms with Crippen molar-refractivity contribution in [3.63, 3.8) is 0 Å². The number of rotatable bonds is 5. The molecule has 1 heterocycles. The van der Waals surface area contributed by atoms with Gasteiger partial charge in [-0.3, -0.25) is 0 Å². The van der Waals surface area contributed by atoms with E-state index < -0.39 is 0 Å². The van der Waals surface area contributed by atoms with E-state index in [0.717, 1.165) is 33.4 Å². The molecule has 0 saturated heterocycles. The van der Waals surface area contributed by atoms with Crippen LogP contribution in [0.1, 0.15) is 17.0 Å². The van der Waals surface area contributed by atoms with E-state index in [2.05, 4.69) is 35.3 Å². The summed E-state index contributed by atoms with van der Waals surface area (Å²) in [5.41, 5.74) is 3.85. The highest BCUT2D eigenvalue weighted by molar-refractivity contribution is 5.88. The quantitative estimate of drug-likeness (QED) is 0.560. The van der Waals surface area contributed by atoms with Crippen LogP contribution in [0.15, 0.2) is 71.5 Å². The van der Waals surface area contributed by atoms with Gasteiger partial charge in [0.1, 0.15) is 12.0 Å². The molecule has 4 rings (SSSR count). The molecule has 4 heteroatoms. The summed E-state index contributed by atoms with van der Waals surface area (Å²) < 4.78 is 11.1. The van der Waals surface area contributed by atoms with Gasteiger partial charge in [-0.15, -0.1) is 0 Å². The van der Waals surface area contributed by atoms with E-state index in [0.29, 0.717) is 5.89 Å². The third kappa shape index (κ3) is 3.19. The Labute approximate surface area is 151 Å². The van der Waals surface area contributed by atoms with Crippen molar-refractivity contribution in [3.05, 3.63) is 84.1 Å². The number of aryl methyl sites for hydroxylation is 1. The molecule has 4 aromatic rings. The molecule has 4 nitrogen and oxygen atoms in total. The summed E-state index contributed by atoms with van der Waals surface area (Å²) >= 11 is 0. The molecular formula is C22H19NO3. The van der Waals surface area contributed by atoms with Crippen molar-refractivity contribution >= 4 is 10.8 Å². The summed E-state index contributed by atoms with van der Waals surface area (Å²) in [6.45, 7) is 2.21. The van der Waals surface area contributed by atoms with E-state index in [1.165, 1.54) is 11.6 Å². The summed E-state index contributed by atoms with van der Waals surface area (Å²) in [4.78, 5) is 4.08. The van der Waals surface area contributed by atoms with Gasteiger partial charge in [-0.25, -0.2) is 4.98 Å². The first-order valence-corrected chi connectivity index (χ1v) is 8.49. The van der Waals surface area contributed by atoms with Gasteiger partial charge in [0.05, 0.1) is 12.8 Å². The van der Waals surface area contributed by atoms with E-state index in [9.17, 15) is 5.11 Å². The molecule has 0 bridgehead atoms. The number of benzene rings is 3. The van der Waals surface area contributed by atoms with E-state index in [1.807, 2.05) is 31.2 Å². The molecule has 0 fully saturated rings. The number of hydrogen-bond acceptors (Lipinski definition) is 4. The number of ether oxygens (including phenoxy) is 1. The lowest BCUT2D eigenvalue weighted by Crippen LogP contribution is -2.00. The Balaban J connectivity index is 1.74. The smallest absolute Gasteiger partial charge is 0.232 e. The second kappa shape index (κ2) is 7.02. The Morgan fingerprint density at radius 1 is 1.04 bits per heavy atom. The molecule has 1 aromatic heterocycles. The molecule has 26 heavy (non-hydrogen) atoms. The van der Waals surface area contributed by atoms with Crippen molar-refractivity contribution in [2.75, 3.05) is 0 Å². The van der Waals surface area contributed by atoms with Crippen LogP contribution in [0.4, 0.5) is 0 Å². The largest absolute Gasteiger partial charge is 0.484 e. The monoisotopic (exact) mass is 345 g/mol. The highest BCUT2D eigenvalue weighted by Crippen LogP contribution is 2.33. The standard InChI is InChI=1S/C22H19NO3/c1-15-10-19(13-24)20(12-21(15)26-14-22-23-8-9-25-22)18-7-6-16-4-2-3-5-17(16)11-18/h2-12,24H,13-14H2,1H3. The summed E-state index contributed by atoms with van der Waals surface area (Å²) in [6, 6.07) is 18.5. The van der Waals surface area contributed by atoms with Gasteiger partial charge in [0.15, 0.2) is 6.61 Å². The van der Waals surface area contributed by atoms with Crippen molar-refractivity contribution in [1.29, 1.82) is 0 Å². The lowest BCUT2D eigenvalue weighted by Gasteiger charge is -2.14. The van der Waals surface area contributed by atoms with Crippen molar-refractivity contribution < 1.29 is 14.3 Å². The molecule has 0 aliphatic carbocycles. The van der Waals surface area contributed by atoms with Crippen LogP contribution >= 0.6 is 0 Å². The maximum absolute atomic E-state index is 9.82. The maximum atomic E-state index is 9.82. The van der Waals surface area contributed by atoms with Crippen molar-refractivity contribution in [2.24, 2.45) is 0 Å². The van der Waals surface area contributed by atoms with Gasteiger partial charge < -0.3 is 14.3 Å². The molecule has 0 aliphatic heterocycles. The topological polar surface area (TPSA) is 55.5 Å². The first-order valence-electron chi connectivity index (χ1n) is 8.49. The average Bonchev–Trinajstić information content (AvgIpc) is 3.20. The molecule has 1 N–H and O–H groups in total. The minimum Gasteiger partial charge on any atom is -0.484 e. The van der Waals surface area contributed by atoms with Gasteiger partial charge in [-0.1, -0.05) is 36.4 Å². The fraction of sp³-hybridized carbons (Fsp3) is 0.136. The van der Waals surface area contributed by atoms with E-state index in [-0.39, 0.29) is 13.2 Å². The summed E-state index contributed by atoms with van der Waals surface area (Å²) in [5, 5.41) is 12.2. The molecule has 0 radical (unpaired) electrons. The third-order valence-corrected chi connectivity index (χ3v) is 4.47. The van der Waals surface area contributed by atoms with Crippen LogP contribution in [-0.2, 0) is 13.2 Å². The predicted octanol–water partition coefficient (Wildman–Crippen LogP) is 4.87. The van der Waals surface area contributed by atoms with Gasteiger partial charge in [-0.05, 0) is 58.1 Å². The molecule has 0 amide bonds. The van der Waals surface area contributed by atoms with Crippen LogP contribution in [-0.4, -0.2) is 10.1 Å². The Kier molecular flexibility index (Phi) is 4.42. The zero-order chi connectivity index (χ0) is 17.9. The minimum atomic E-state index is -0.0248. The van der Waals surface area contributed by atoms with Crippen LogP contribution in [0.5, 0.6) is 5.75 Å². The maximum Gasteiger partial charge on any atom is 0.232 e. The first kappa shape index (κ1) is 16.4. The number of aliphatic hydroxyl groups is 1. The molecule has 0 unspecified atom stereocenters. The van der Waals surface area contributed by atoms with Crippen LogP contribution in [0, 0.1) is 6.92 Å². The van der Waals surface area contributed by atoms with Crippen LogP contribution < -0.4 is 4.74 Å². The van der Waals surface area contributed by atoms with Crippen LogP contribution in [0.3, 0.4) is 0 Å². The zero-order valence-corrected chi connectivity index (χ0v) is 14.5. The highest BCUT2D eigenvalue weighted by Gasteiger charge is 2.11. The number of aromatic nitrogens is 1. The summed E-state index contributed by atoms with van der Waals surface area (Å²) in [5.74, 6) is 1.28. The Morgan fingerprint density at radius 3 is 2.65 bits per heavy atom. The van der Waals surface area contributed by atoms with Gasteiger partial charge in [0.25, 0.3) is 0 Å². The highest BCUT2D eigenvalue weighted by atomic mass is 16.5. The predicted molar refractivity (Wildman–Crippen MR) is 101 cm³/mol. The molecular weight excluding hydrogens is 326 g/mol. The number of nitrogens with zero attached hydrogens (tertiary/aromatic N) is 1. The van der Waals surface area contributed by atoms with Crippen LogP contribution in [0.25, 0.3) is 21.9 Å². The third-order valence-electron chi connectivity index (χ3n) is 4.47. The zero-order valence-electron chi connectivity index (χ0n) is 14.5. The SMILES string of the molecule is Cc1cc(CO)c(-c2ccc3ccccc3c2)cc1OCc1ncco1. The fourth-order valence-electron chi connectivity index (χ4n) is 3.12. The Hall–Kier alpha value is -3.11. The average molecular weight is 345 g/mol. The Morgan fingerprint density at radius 2 is 1.88 bits per heavy atom. The minimum absolute atomic E-state index is 0.0248. The summed E-state index contributed by atoms with van der Waals surface area (Å²) in [6.07, 6.45) is 3.13. The molecule has 3 aromatic carbocycles. The second-order valence-corrected chi connectivity index (χ2v) is 6.21. The van der Waals surface area contributed by atoms with E-state index in [4.69, 9.17) is 9.15 Å². The molecule has 0 atom stereocenters. The van der Waals surface area contributed by atoms with Crippen molar-refractivity contribution in [3.8, 4) is 16.9 Å². The number of oxazole rings is 1. The normalized spacial score (nSPS) is 11.0. The van der Waals surface area contributed by atoms with Gasteiger partial charge in [0, 0.05) is 0 Å². The second-order valence-electron chi connectivity index (χ2n) is 6.21. The van der Waals surface area contributed by atoms with Gasteiger partial charge in [0.2, 0.25) is 5.89 Å². The van der Waals surface area contributed by atoms with Gasteiger partial charge in [-0.2, -0.15) is 0 Å². The fourth-order valence-corrected chi connectivity index (χ4v) is 3.12. The molecule has 0 aliphatic rings. The van der Waals surface area contributed by atoms with Crippen LogP contribution in [0.2, 0.25) is 0 Å². The number of hydrogen-bond donors (Lipinski definition) is 1. The van der Waals surface area contributed by atoms with Gasteiger partial charge >= 0.3 is 0 Å². The van der Waals surface area contributed by atoms with E-state index in [1.54, 1.807) is 6.20 Å². The van der Waals surface area contributed by atoms with E-state index >= 15 is 0 Å². The van der Waals surface area contributed by atoms with Crippen molar-refractivity contribution in [1.82, 2.24) is 4.98 Å². The lowest BCUT2D eigenvalue weighted by atomic mass is 9.95. The molecule has 0 spiro atoms. The number of aliphatic hydroxyl groups excluding tert-OH is 1. The van der Waals surface area contributed by atoms with Crippen molar-refractivity contribution in [2.45, 2.75) is 20.1 Å². The lowest BCUT2D eigenvalue weighted by molar-refractivity contribution is 0.260. The molecule has 130 valence electrons. The Bertz CT molecular complexity index is 1040.